The molecule has 0 aliphatic heterocycles. The lowest BCUT2D eigenvalue weighted by atomic mass is 10.1. The van der Waals surface area contributed by atoms with Crippen LogP contribution in [0.25, 0.3) is 0 Å². The number of aryl methyl sites for hydroxylation is 1. The van der Waals surface area contributed by atoms with E-state index in [-0.39, 0.29) is 29.9 Å². The highest BCUT2D eigenvalue weighted by Crippen LogP contribution is 2.22. The van der Waals surface area contributed by atoms with Crippen molar-refractivity contribution in [2.75, 3.05) is 19.0 Å². The molecule has 1 unspecified atom stereocenters. The maximum atomic E-state index is 12.5. The van der Waals surface area contributed by atoms with Gasteiger partial charge in [0, 0.05) is 24.9 Å². The predicted octanol–water partition coefficient (Wildman–Crippen LogP) is 1.37. The molecule has 0 aromatic heterocycles. The van der Waals surface area contributed by atoms with Gasteiger partial charge in [0.05, 0.1) is 17.4 Å². The summed E-state index contributed by atoms with van der Waals surface area (Å²) in [7, 11) is -2.20. The first kappa shape index (κ1) is 20.6. The van der Waals surface area contributed by atoms with Gasteiger partial charge in [-0.2, -0.15) is 0 Å². The third-order valence-corrected chi connectivity index (χ3v) is 5.11. The van der Waals surface area contributed by atoms with Crippen LogP contribution in [0.2, 0.25) is 0 Å². The van der Waals surface area contributed by atoms with Crippen molar-refractivity contribution in [2.45, 2.75) is 50.7 Å². The highest BCUT2D eigenvalue weighted by atomic mass is 32.2. The first-order valence-electron chi connectivity index (χ1n) is 7.66. The molecule has 24 heavy (non-hydrogen) atoms. The normalized spacial score (nSPS) is 13.6. The molecule has 1 atom stereocenters. The van der Waals surface area contributed by atoms with Crippen LogP contribution in [0, 0.1) is 6.92 Å². The zero-order valence-corrected chi connectivity index (χ0v) is 15.7. The van der Waals surface area contributed by atoms with Gasteiger partial charge in [0.1, 0.15) is 0 Å². The van der Waals surface area contributed by atoms with Crippen LogP contribution in [-0.4, -0.2) is 39.6 Å². The second kappa shape index (κ2) is 8.06. The van der Waals surface area contributed by atoms with Gasteiger partial charge in [-0.15, -0.1) is 0 Å². The molecule has 0 aliphatic rings. The molecular weight excluding hydrogens is 330 g/mol. The number of methoxy groups -OCH3 is 1. The maximum absolute atomic E-state index is 12.5. The molecule has 4 N–H and O–H groups in total. The van der Waals surface area contributed by atoms with Gasteiger partial charge in [0.25, 0.3) is 0 Å². The van der Waals surface area contributed by atoms with Crippen LogP contribution in [0.1, 0.15) is 32.8 Å². The van der Waals surface area contributed by atoms with Crippen molar-refractivity contribution in [3.05, 3.63) is 23.8 Å². The quantitative estimate of drug-likeness (QED) is 0.683. The monoisotopic (exact) mass is 357 g/mol. The van der Waals surface area contributed by atoms with Gasteiger partial charge >= 0.3 is 0 Å². The summed E-state index contributed by atoms with van der Waals surface area (Å²) in [6, 6.07) is 4.77. The van der Waals surface area contributed by atoms with E-state index in [1.165, 1.54) is 13.2 Å². The number of amides is 1. The van der Waals surface area contributed by atoms with Crippen molar-refractivity contribution in [3.8, 4) is 0 Å². The predicted molar refractivity (Wildman–Crippen MR) is 94.4 cm³/mol. The third kappa shape index (κ3) is 6.20. The fourth-order valence-electron chi connectivity index (χ4n) is 2.11. The summed E-state index contributed by atoms with van der Waals surface area (Å²) in [5, 5.41) is 2.68. The number of sulfonamides is 1. The van der Waals surface area contributed by atoms with Gasteiger partial charge in [-0.05, 0) is 45.4 Å². The molecule has 1 rings (SSSR count). The van der Waals surface area contributed by atoms with Crippen molar-refractivity contribution < 1.29 is 17.9 Å². The SMILES string of the molecule is COC(CN)CC(=O)Nc1ccc(C)c(S(=O)(=O)NC(C)(C)C)c1. The molecule has 0 heterocycles. The smallest absolute Gasteiger partial charge is 0.241 e. The topological polar surface area (TPSA) is 111 Å². The highest BCUT2D eigenvalue weighted by Gasteiger charge is 2.24. The van der Waals surface area contributed by atoms with E-state index >= 15 is 0 Å². The molecule has 1 aromatic carbocycles. The van der Waals surface area contributed by atoms with Crippen LogP contribution in [0.3, 0.4) is 0 Å². The van der Waals surface area contributed by atoms with Gasteiger partial charge < -0.3 is 15.8 Å². The third-order valence-electron chi connectivity index (χ3n) is 3.21. The van der Waals surface area contributed by atoms with Crippen molar-refractivity contribution in [1.29, 1.82) is 0 Å². The highest BCUT2D eigenvalue weighted by molar-refractivity contribution is 7.89. The first-order chi connectivity index (χ1) is 11.0. The molecule has 0 saturated carbocycles. The van der Waals surface area contributed by atoms with Crippen LogP contribution in [0.4, 0.5) is 5.69 Å². The summed E-state index contributed by atoms with van der Waals surface area (Å²) < 4.78 is 32.7. The number of carbonyl (C=O) groups is 1. The first-order valence-corrected chi connectivity index (χ1v) is 9.14. The largest absolute Gasteiger partial charge is 0.380 e. The van der Waals surface area contributed by atoms with E-state index in [2.05, 4.69) is 10.0 Å². The average Bonchev–Trinajstić information content (AvgIpc) is 2.44. The van der Waals surface area contributed by atoms with Crippen molar-refractivity contribution in [3.63, 3.8) is 0 Å². The second-order valence-corrected chi connectivity index (χ2v) is 8.33. The van der Waals surface area contributed by atoms with E-state index in [0.717, 1.165) is 0 Å². The molecule has 0 radical (unpaired) electrons. The van der Waals surface area contributed by atoms with Crippen molar-refractivity contribution in [2.24, 2.45) is 5.73 Å². The summed E-state index contributed by atoms with van der Waals surface area (Å²) >= 11 is 0. The molecule has 0 bridgehead atoms. The molecule has 8 heteroatoms. The number of carbonyl (C=O) groups excluding carboxylic acids is 1. The Hall–Kier alpha value is -1.48. The minimum absolute atomic E-state index is 0.100. The molecule has 1 aromatic rings. The average molecular weight is 357 g/mol. The van der Waals surface area contributed by atoms with E-state index in [0.29, 0.717) is 11.3 Å². The lowest BCUT2D eigenvalue weighted by Gasteiger charge is -2.21. The van der Waals surface area contributed by atoms with Gasteiger partial charge in [-0.1, -0.05) is 6.07 Å². The number of hydrogen-bond acceptors (Lipinski definition) is 5. The summed E-state index contributed by atoms with van der Waals surface area (Å²) in [4.78, 5) is 12.1. The van der Waals surface area contributed by atoms with Crippen LogP contribution in [0.5, 0.6) is 0 Å². The van der Waals surface area contributed by atoms with Crippen molar-refractivity contribution in [1.82, 2.24) is 4.72 Å². The summed E-state index contributed by atoms with van der Waals surface area (Å²) in [6.45, 7) is 7.24. The van der Waals surface area contributed by atoms with E-state index in [4.69, 9.17) is 10.5 Å². The minimum atomic E-state index is -3.69. The number of benzene rings is 1. The lowest BCUT2D eigenvalue weighted by molar-refractivity contribution is -0.118. The van der Waals surface area contributed by atoms with Gasteiger partial charge in [0.2, 0.25) is 15.9 Å². The Morgan fingerprint density at radius 3 is 2.46 bits per heavy atom. The fourth-order valence-corrected chi connectivity index (χ4v) is 3.80. The molecular formula is C16H27N3O4S. The number of hydrogen-bond donors (Lipinski definition) is 3. The maximum Gasteiger partial charge on any atom is 0.241 e. The molecule has 0 fully saturated rings. The van der Waals surface area contributed by atoms with Gasteiger partial charge in [-0.3, -0.25) is 4.79 Å². The van der Waals surface area contributed by atoms with Crippen LogP contribution >= 0.6 is 0 Å². The van der Waals surface area contributed by atoms with Crippen LogP contribution in [0.15, 0.2) is 23.1 Å². The number of nitrogens with two attached hydrogens (primary N) is 1. The van der Waals surface area contributed by atoms with Crippen LogP contribution < -0.4 is 15.8 Å². The summed E-state index contributed by atoms with van der Waals surface area (Å²) in [5.41, 5.74) is 5.90. The molecule has 0 saturated heterocycles. The lowest BCUT2D eigenvalue weighted by Crippen LogP contribution is -2.40. The molecule has 1 amide bonds. The molecule has 0 spiro atoms. The van der Waals surface area contributed by atoms with E-state index in [1.54, 1.807) is 39.8 Å². The Balaban J connectivity index is 3.00. The zero-order chi connectivity index (χ0) is 18.5. The van der Waals surface area contributed by atoms with Crippen LogP contribution in [-0.2, 0) is 19.6 Å². The Kier molecular flexibility index (Phi) is 6.91. The molecule has 7 nitrogen and oxygen atoms in total. The van der Waals surface area contributed by atoms with E-state index in [9.17, 15) is 13.2 Å². The van der Waals surface area contributed by atoms with Gasteiger partial charge in [0.15, 0.2) is 0 Å². The van der Waals surface area contributed by atoms with E-state index in [1.807, 2.05) is 0 Å². The Morgan fingerprint density at radius 1 is 1.33 bits per heavy atom. The number of ether oxygens (including phenoxy) is 1. The Labute approximate surface area is 144 Å². The Bertz CT molecular complexity index is 677. The zero-order valence-electron chi connectivity index (χ0n) is 14.8. The standard InChI is InChI=1S/C16H27N3O4S/c1-11-6-7-12(18-15(20)9-13(10-17)23-5)8-14(11)24(21,22)19-16(2,3)4/h6-8,13,19H,9-10,17H2,1-5H3,(H,18,20). The van der Waals surface area contributed by atoms with Crippen molar-refractivity contribution >= 4 is 21.6 Å². The number of anilines is 1. The molecule has 0 aliphatic carbocycles. The molecule has 136 valence electrons. The number of nitrogens with one attached hydrogen (secondary N) is 2. The minimum Gasteiger partial charge on any atom is -0.380 e. The van der Waals surface area contributed by atoms with E-state index < -0.39 is 15.6 Å². The Morgan fingerprint density at radius 2 is 1.96 bits per heavy atom. The number of rotatable bonds is 7. The summed E-state index contributed by atoms with van der Waals surface area (Å²) in [5.74, 6) is -0.289. The summed E-state index contributed by atoms with van der Waals surface area (Å²) in [6.07, 6.45) is -0.273. The van der Waals surface area contributed by atoms with Gasteiger partial charge in [-0.25, -0.2) is 13.1 Å². The fraction of sp³-hybridized carbons (Fsp3) is 0.562. The second-order valence-electron chi connectivity index (χ2n) is 6.68.